The first-order valence-electron chi connectivity index (χ1n) is 5.33. The monoisotopic (exact) mass is 236 g/mol. The molecule has 1 aliphatic rings. The van der Waals surface area contributed by atoms with Crippen LogP contribution in [0.1, 0.15) is 32.6 Å². The van der Waals surface area contributed by atoms with Crippen LogP contribution in [0.25, 0.3) is 0 Å². The van der Waals surface area contributed by atoms with Crippen molar-refractivity contribution >= 4 is 18.3 Å². The van der Waals surface area contributed by atoms with E-state index < -0.39 is 0 Å². The van der Waals surface area contributed by atoms with Gasteiger partial charge in [0.05, 0.1) is 6.10 Å². The minimum atomic E-state index is -0.0603. The number of hydrogen-bond acceptors (Lipinski definition) is 3. The van der Waals surface area contributed by atoms with Crippen molar-refractivity contribution in [2.45, 2.75) is 44.8 Å². The summed E-state index contributed by atoms with van der Waals surface area (Å²) in [6, 6.07) is 0.0367. The average Bonchev–Trinajstić information content (AvgIpc) is 2.67. The molecule has 0 aromatic carbocycles. The molecule has 0 saturated heterocycles. The summed E-state index contributed by atoms with van der Waals surface area (Å²) in [5.74, 6) is -0.0603. The van der Waals surface area contributed by atoms with Crippen molar-refractivity contribution < 1.29 is 9.53 Å². The zero-order valence-electron chi connectivity index (χ0n) is 9.20. The molecule has 0 heterocycles. The Morgan fingerprint density at radius 2 is 2.13 bits per heavy atom. The van der Waals surface area contributed by atoms with E-state index in [0.29, 0.717) is 12.6 Å². The van der Waals surface area contributed by atoms with Gasteiger partial charge in [-0.15, -0.1) is 12.4 Å². The first-order chi connectivity index (χ1) is 6.72. The van der Waals surface area contributed by atoms with Crippen LogP contribution in [0.5, 0.6) is 0 Å². The van der Waals surface area contributed by atoms with Gasteiger partial charge in [0.2, 0.25) is 5.91 Å². The predicted octanol–water partition coefficient (Wildman–Crippen LogP) is 0.831. The maximum Gasteiger partial charge on any atom is 0.246 e. The lowest BCUT2D eigenvalue weighted by atomic mass is 10.3. The van der Waals surface area contributed by atoms with Gasteiger partial charge in [-0.25, -0.2) is 0 Å². The number of nitrogens with two attached hydrogens (primary N) is 1. The highest BCUT2D eigenvalue weighted by molar-refractivity contribution is 5.85. The van der Waals surface area contributed by atoms with E-state index in [1.807, 2.05) is 6.92 Å². The van der Waals surface area contributed by atoms with Gasteiger partial charge in [0, 0.05) is 12.6 Å². The van der Waals surface area contributed by atoms with Crippen LogP contribution >= 0.6 is 12.4 Å². The summed E-state index contributed by atoms with van der Waals surface area (Å²) in [7, 11) is 0. The van der Waals surface area contributed by atoms with Crippen molar-refractivity contribution in [3.63, 3.8) is 0 Å². The van der Waals surface area contributed by atoms with E-state index in [4.69, 9.17) is 10.5 Å². The number of carbonyl (C=O) groups excluding carboxylic acids is 1. The quantitative estimate of drug-likeness (QED) is 0.743. The maximum atomic E-state index is 11.3. The molecule has 0 radical (unpaired) electrons. The van der Waals surface area contributed by atoms with E-state index >= 15 is 0 Å². The number of hydrogen-bond donors (Lipinski definition) is 2. The van der Waals surface area contributed by atoms with Crippen LogP contribution in [0.4, 0.5) is 0 Å². The summed E-state index contributed by atoms with van der Waals surface area (Å²) in [5.41, 5.74) is 5.38. The largest absolute Gasteiger partial charge is 0.368 e. The third kappa shape index (κ3) is 5.97. The second-order valence-corrected chi connectivity index (χ2v) is 3.92. The first kappa shape index (κ1) is 14.7. The topological polar surface area (TPSA) is 64.3 Å². The van der Waals surface area contributed by atoms with E-state index in [1.165, 1.54) is 12.8 Å². The van der Waals surface area contributed by atoms with Crippen molar-refractivity contribution in [1.82, 2.24) is 5.32 Å². The normalized spacial score (nSPS) is 18.3. The summed E-state index contributed by atoms with van der Waals surface area (Å²) < 4.78 is 5.46. The number of amides is 1. The fourth-order valence-electron chi connectivity index (χ4n) is 1.62. The molecule has 1 fully saturated rings. The van der Waals surface area contributed by atoms with Crippen molar-refractivity contribution in [3.8, 4) is 0 Å². The molecule has 0 spiro atoms. The fraction of sp³-hybridized carbons (Fsp3) is 0.900. The third-order valence-electron chi connectivity index (χ3n) is 2.51. The van der Waals surface area contributed by atoms with Crippen LogP contribution in [-0.2, 0) is 9.53 Å². The first-order valence-corrected chi connectivity index (χ1v) is 5.33. The van der Waals surface area contributed by atoms with Gasteiger partial charge in [-0.1, -0.05) is 12.8 Å². The molecular weight excluding hydrogens is 216 g/mol. The Labute approximate surface area is 97.3 Å². The van der Waals surface area contributed by atoms with Crippen LogP contribution in [0.2, 0.25) is 0 Å². The van der Waals surface area contributed by atoms with Gasteiger partial charge >= 0.3 is 0 Å². The molecule has 0 unspecified atom stereocenters. The zero-order valence-corrected chi connectivity index (χ0v) is 10.0. The molecule has 1 amide bonds. The lowest BCUT2D eigenvalue weighted by Crippen LogP contribution is -2.40. The molecule has 0 aromatic heterocycles. The van der Waals surface area contributed by atoms with E-state index in [-0.39, 0.29) is 31.0 Å². The maximum absolute atomic E-state index is 11.3. The van der Waals surface area contributed by atoms with Gasteiger partial charge in [0.25, 0.3) is 0 Å². The number of rotatable bonds is 5. The molecule has 1 saturated carbocycles. The van der Waals surface area contributed by atoms with Gasteiger partial charge in [0.1, 0.15) is 6.61 Å². The predicted molar refractivity (Wildman–Crippen MR) is 62.1 cm³/mol. The van der Waals surface area contributed by atoms with Crippen molar-refractivity contribution in [2.24, 2.45) is 5.73 Å². The Bertz CT molecular complexity index is 184. The number of carbonyl (C=O) groups is 1. The van der Waals surface area contributed by atoms with Crippen LogP contribution in [0.15, 0.2) is 0 Å². The molecule has 0 bridgehead atoms. The van der Waals surface area contributed by atoms with E-state index in [9.17, 15) is 4.79 Å². The summed E-state index contributed by atoms with van der Waals surface area (Å²) in [6.07, 6.45) is 4.95. The minimum absolute atomic E-state index is 0. The van der Waals surface area contributed by atoms with Crippen molar-refractivity contribution in [2.75, 3.05) is 13.2 Å². The van der Waals surface area contributed by atoms with Gasteiger partial charge < -0.3 is 15.8 Å². The highest BCUT2D eigenvalue weighted by Crippen LogP contribution is 2.20. The summed E-state index contributed by atoms with van der Waals surface area (Å²) in [5, 5.41) is 2.76. The Kier molecular flexibility index (Phi) is 7.74. The van der Waals surface area contributed by atoms with E-state index in [2.05, 4.69) is 5.32 Å². The van der Waals surface area contributed by atoms with Crippen LogP contribution in [-0.4, -0.2) is 31.2 Å². The second-order valence-electron chi connectivity index (χ2n) is 3.92. The number of ether oxygens (including phenoxy) is 1. The average molecular weight is 237 g/mol. The van der Waals surface area contributed by atoms with Crippen LogP contribution in [0, 0.1) is 0 Å². The third-order valence-corrected chi connectivity index (χ3v) is 2.51. The van der Waals surface area contributed by atoms with Crippen LogP contribution in [0.3, 0.4) is 0 Å². The smallest absolute Gasteiger partial charge is 0.246 e. The molecular formula is C10H21ClN2O2. The van der Waals surface area contributed by atoms with Gasteiger partial charge in [-0.3, -0.25) is 4.79 Å². The highest BCUT2D eigenvalue weighted by atomic mass is 35.5. The molecule has 1 rings (SSSR count). The molecule has 15 heavy (non-hydrogen) atoms. The minimum Gasteiger partial charge on any atom is -0.368 e. The number of halogens is 1. The molecule has 3 N–H and O–H groups in total. The van der Waals surface area contributed by atoms with Crippen molar-refractivity contribution in [1.29, 1.82) is 0 Å². The van der Waals surface area contributed by atoms with Gasteiger partial charge in [-0.2, -0.15) is 0 Å². The summed E-state index contributed by atoms with van der Waals surface area (Å²) in [4.78, 5) is 11.3. The Hall–Kier alpha value is -0.320. The highest BCUT2D eigenvalue weighted by Gasteiger charge is 2.16. The van der Waals surface area contributed by atoms with Crippen molar-refractivity contribution in [3.05, 3.63) is 0 Å². The summed E-state index contributed by atoms with van der Waals surface area (Å²) in [6.45, 7) is 2.53. The Morgan fingerprint density at radius 1 is 1.53 bits per heavy atom. The molecule has 0 aliphatic heterocycles. The number of nitrogens with one attached hydrogen (secondary N) is 1. The lowest BCUT2D eigenvalue weighted by Gasteiger charge is -2.13. The van der Waals surface area contributed by atoms with Crippen LogP contribution < -0.4 is 11.1 Å². The Morgan fingerprint density at radius 3 is 2.67 bits per heavy atom. The molecule has 90 valence electrons. The molecule has 1 atom stereocenters. The second kappa shape index (κ2) is 7.91. The summed E-state index contributed by atoms with van der Waals surface area (Å²) >= 11 is 0. The van der Waals surface area contributed by atoms with E-state index in [0.717, 1.165) is 12.8 Å². The lowest BCUT2D eigenvalue weighted by molar-refractivity contribution is -0.128. The standard InChI is InChI=1S/C10H20N2O2.ClH/c1-8(6-11)12-10(13)7-14-9-4-2-3-5-9;/h8-9H,2-7,11H2,1H3,(H,12,13);1H/t8-;/m0./s1. The molecule has 5 heteroatoms. The van der Waals surface area contributed by atoms with Gasteiger partial charge in [0.15, 0.2) is 0 Å². The molecule has 0 aromatic rings. The molecule has 4 nitrogen and oxygen atoms in total. The molecule has 1 aliphatic carbocycles. The fourth-order valence-corrected chi connectivity index (χ4v) is 1.62. The zero-order chi connectivity index (χ0) is 10.4. The van der Waals surface area contributed by atoms with E-state index in [1.54, 1.807) is 0 Å². The van der Waals surface area contributed by atoms with Gasteiger partial charge in [-0.05, 0) is 19.8 Å². The Balaban J connectivity index is 0.00000196. The SMILES string of the molecule is C[C@@H](CN)NC(=O)COC1CCCC1.Cl.